The summed E-state index contributed by atoms with van der Waals surface area (Å²) >= 11 is 11.8. The first-order valence-electron chi connectivity index (χ1n) is 9.05. The maximum absolute atomic E-state index is 12.4. The van der Waals surface area contributed by atoms with Gasteiger partial charge in [-0.05, 0) is 43.7 Å². The predicted molar refractivity (Wildman–Crippen MR) is 115 cm³/mol. The molecule has 28 heavy (non-hydrogen) atoms. The van der Waals surface area contributed by atoms with Crippen molar-refractivity contribution >= 4 is 40.7 Å². The Bertz CT molecular complexity index is 815. The number of nitrogens with one attached hydrogen (secondary N) is 2. The van der Waals surface area contributed by atoms with Crippen LogP contribution >= 0.6 is 23.2 Å². The topological polar surface area (TPSA) is 61.4 Å². The van der Waals surface area contributed by atoms with Crippen molar-refractivity contribution in [2.45, 2.75) is 25.8 Å². The highest BCUT2D eigenvalue weighted by Gasteiger charge is 2.20. The lowest BCUT2D eigenvalue weighted by molar-refractivity contribution is -0.126. The third kappa shape index (κ3) is 6.51. The molecule has 150 valence electrons. The molecule has 2 atom stereocenters. The van der Waals surface area contributed by atoms with E-state index in [-0.39, 0.29) is 24.3 Å². The van der Waals surface area contributed by atoms with Gasteiger partial charge >= 0.3 is 0 Å². The van der Waals surface area contributed by atoms with Gasteiger partial charge < -0.3 is 10.6 Å². The summed E-state index contributed by atoms with van der Waals surface area (Å²) in [5, 5.41) is 6.50. The Morgan fingerprint density at radius 3 is 2.36 bits per heavy atom. The Morgan fingerprint density at radius 1 is 1.04 bits per heavy atom. The highest BCUT2D eigenvalue weighted by atomic mass is 35.5. The van der Waals surface area contributed by atoms with Crippen molar-refractivity contribution in [1.29, 1.82) is 0 Å². The number of hydrogen-bond acceptors (Lipinski definition) is 3. The number of carbonyl (C=O) groups excluding carboxylic acids is 2. The van der Waals surface area contributed by atoms with E-state index in [2.05, 4.69) is 17.6 Å². The van der Waals surface area contributed by atoms with E-state index in [1.165, 1.54) is 5.56 Å². The summed E-state index contributed by atoms with van der Waals surface area (Å²) in [4.78, 5) is 26.4. The summed E-state index contributed by atoms with van der Waals surface area (Å²) in [6.07, 6.45) is 0. The van der Waals surface area contributed by atoms with E-state index in [1.807, 2.05) is 30.3 Å². The SMILES string of the molecule is CC(CNC(=O)C(C)N(C)CC(=O)Nc1ccc(Cl)c(Cl)c1)c1ccccc1. The molecule has 0 aliphatic heterocycles. The smallest absolute Gasteiger partial charge is 0.238 e. The van der Waals surface area contributed by atoms with Gasteiger partial charge in [-0.1, -0.05) is 60.5 Å². The predicted octanol–water partition coefficient (Wildman–Crippen LogP) is 4.17. The number of halogens is 2. The summed E-state index contributed by atoms with van der Waals surface area (Å²) in [6, 6.07) is 14.5. The molecule has 0 bridgehead atoms. The average molecular weight is 422 g/mol. The summed E-state index contributed by atoms with van der Waals surface area (Å²) in [7, 11) is 1.74. The Kier molecular flexibility index (Phi) is 8.30. The van der Waals surface area contributed by atoms with Crippen molar-refractivity contribution in [2.75, 3.05) is 25.5 Å². The van der Waals surface area contributed by atoms with Crippen LogP contribution in [0.2, 0.25) is 10.0 Å². The van der Waals surface area contributed by atoms with Gasteiger partial charge in [0.05, 0.1) is 22.6 Å². The summed E-state index contributed by atoms with van der Waals surface area (Å²) in [5.41, 5.74) is 1.73. The van der Waals surface area contributed by atoms with Crippen LogP contribution in [0.1, 0.15) is 25.3 Å². The highest BCUT2D eigenvalue weighted by molar-refractivity contribution is 6.42. The van der Waals surface area contributed by atoms with Crippen LogP contribution in [-0.2, 0) is 9.59 Å². The molecular weight excluding hydrogens is 397 g/mol. The quantitative estimate of drug-likeness (QED) is 0.671. The minimum atomic E-state index is -0.442. The first-order chi connectivity index (χ1) is 13.3. The second-order valence-electron chi connectivity index (χ2n) is 6.83. The van der Waals surface area contributed by atoms with Gasteiger partial charge in [0.2, 0.25) is 11.8 Å². The third-order valence-electron chi connectivity index (χ3n) is 4.59. The molecule has 0 spiro atoms. The van der Waals surface area contributed by atoms with Crippen LogP contribution in [0.4, 0.5) is 5.69 Å². The molecule has 0 radical (unpaired) electrons. The minimum Gasteiger partial charge on any atom is -0.354 e. The normalized spacial score (nSPS) is 13.1. The fourth-order valence-electron chi connectivity index (χ4n) is 2.64. The van der Waals surface area contributed by atoms with Crippen LogP contribution in [0.25, 0.3) is 0 Å². The van der Waals surface area contributed by atoms with Crippen molar-refractivity contribution in [2.24, 2.45) is 0 Å². The van der Waals surface area contributed by atoms with E-state index in [0.29, 0.717) is 22.3 Å². The van der Waals surface area contributed by atoms with Crippen LogP contribution < -0.4 is 10.6 Å². The van der Waals surface area contributed by atoms with Crippen LogP contribution in [0.5, 0.6) is 0 Å². The average Bonchev–Trinajstić information content (AvgIpc) is 2.68. The standard InChI is InChI=1S/C21H25Cl2N3O2/c1-14(16-7-5-4-6-8-16)12-24-21(28)15(2)26(3)13-20(27)25-17-9-10-18(22)19(23)11-17/h4-11,14-15H,12-13H2,1-3H3,(H,24,28)(H,25,27). The minimum absolute atomic E-state index is 0.0725. The molecule has 0 aliphatic rings. The lowest BCUT2D eigenvalue weighted by Gasteiger charge is -2.24. The first kappa shape index (κ1) is 22.2. The number of hydrogen-bond donors (Lipinski definition) is 2. The molecule has 0 saturated carbocycles. The van der Waals surface area contributed by atoms with Gasteiger partial charge in [-0.25, -0.2) is 0 Å². The zero-order valence-electron chi connectivity index (χ0n) is 16.2. The third-order valence-corrected chi connectivity index (χ3v) is 5.33. The molecule has 2 aromatic carbocycles. The summed E-state index contributed by atoms with van der Waals surface area (Å²) < 4.78 is 0. The molecule has 2 N–H and O–H groups in total. The number of rotatable bonds is 8. The summed E-state index contributed by atoms with van der Waals surface area (Å²) in [5.74, 6) is -0.147. The largest absolute Gasteiger partial charge is 0.354 e. The Labute approximate surface area is 176 Å². The van der Waals surface area contributed by atoms with Gasteiger partial charge in [0.15, 0.2) is 0 Å². The fraction of sp³-hybridized carbons (Fsp3) is 0.333. The van der Waals surface area contributed by atoms with Crippen molar-refractivity contribution < 1.29 is 9.59 Å². The summed E-state index contributed by atoms with van der Waals surface area (Å²) in [6.45, 7) is 4.45. The van der Waals surface area contributed by atoms with Crippen molar-refractivity contribution in [3.8, 4) is 0 Å². The number of anilines is 1. The number of likely N-dealkylation sites (N-methyl/N-ethyl adjacent to an activating group) is 1. The molecule has 0 aromatic heterocycles. The van der Waals surface area contributed by atoms with Crippen molar-refractivity contribution in [3.63, 3.8) is 0 Å². The molecule has 0 saturated heterocycles. The van der Waals surface area contributed by atoms with E-state index in [1.54, 1.807) is 37.1 Å². The van der Waals surface area contributed by atoms with Gasteiger partial charge in [-0.3, -0.25) is 14.5 Å². The number of benzene rings is 2. The maximum Gasteiger partial charge on any atom is 0.238 e. The van der Waals surface area contributed by atoms with Gasteiger partial charge in [0.25, 0.3) is 0 Å². The van der Waals surface area contributed by atoms with Crippen molar-refractivity contribution in [1.82, 2.24) is 10.2 Å². The van der Waals surface area contributed by atoms with E-state index >= 15 is 0 Å². The molecule has 2 amide bonds. The van der Waals surface area contributed by atoms with E-state index in [9.17, 15) is 9.59 Å². The highest BCUT2D eigenvalue weighted by Crippen LogP contribution is 2.25. The monoisotopic (exact) mass is 421 g/mol. The van der Waals surface area contributed by atoms with Crippen LogP contribution in [0.3, 0.4) is 0 Å². The Morgan fingerprint density at radius 2 is 1.71 bits per heavy atom. The van der Waals surface area contributed by atoms with Gasteiger partial charge in [-0.15, -0.1) is 0 Å². The first-order valence-corrected chi connectivity index (χ1v) is 9.81. The van der Waals surface area contributed by atoms with Crippen LogP contribution in [0.15, 0.2) is 48.5 Å². The lowest BCUT2D eigenvalue weighted by atomic mass is 10.0. The molecule has 0 fully saturated rings. The Balaban J connectivity index is 1.81. The Hall–Kier alpha value is -2.08. The zero-order chi connectivity index (χ0) is 20.7. The van der Waals surface area contributed by atoms with Crippen molar-refractivity contribution in [3.05, 3.63) is 64.1 Å². The molecule has 0 aliphatic carbocycles. The van der Waals surface area contributed by atoms with Gasteiger partial charge in [-0.2, -0.15) is 0 Å². The lowest BCUT2D eigenvalue weighted by Crippen LogP contribution is -2.46. The fourth-order valence-corrected chi connectivity index (χ4v) is 2.94. The number of amides is 2. The number of carbonyl (C=O) groups is 2. The van der Waals surface area contributed by atoms with E-state index in [0.717, 1.165) is 0 Å². The van der Waals surface area contributed by atoms with Crippen LogP contribution in [-0.4, -0.2) is 42.9 Å². The molecule has 0 heterocycles. The van der Waals surface area contributed by atoms with E-state index in [4.69, 9.17) is 23.2 Å². The van der Waals surface area contributed by atoms with E-state index < -0.39 is 6.04 Å². The van der Waals surface area contributed by atoms with Gasteiger partial charge in [0, 0.05) is 12.2 Å². The second-order valence-corrected chi connectivity index (χ2v) is 7.64. The maximum atomic E-state index is 12.4. The van der Waals surface area contributed by atoms with Gasteiger partial charge in [0.1, 0.15) is 0 Å². The molecular formula is C21H25Cl2N3O2. The molecule has 2 unspecified atom stereocenters. The van der Waals surface area contributed by atoms with Crippen LogP contribution in [0, 0.1) is 0 Å². The second kappa shape index (κ2) is 10.5. The molecule has 2 aromatic rings. The molecule has 5 nitrogen and oxygen atoms in total. The molecule has 7 heteroatoms. The molecule has 2 rings (SSSR count). The number of nitrogens with zero attached hydrogens (tertiary/aromatic N) is 1. The zero-order valence-corrected chi connectivity index (χ0v) is 17.7.